The first-order valence-electron chi connectivity index (χ1n) is 33.4. The van der Waals surface area contributed by atoms with Gasteiger partial charge >= 0.3 is 12.1 Å². The molecule has 7 atom stereocenters. The van der Waals surface area contributed by atoms with Gasteiger partial charge in [-0.25, -0.2) is 17.9 Å². The van der Waals surface area contributed by atoms with Crippen LogP contribution in [0.1, 0.15) is 155 Å². The molecule has 4 aromatic rings. The van der Waals surface area contributed by atoms with Crippen LogP contribution in [0.5, 0.6) is 5.75 Å². The van der Waals surface area contributed by atoms with Crippen molar-refractivity contribution in [1.82, 2.24) is 46.1 Å². The number of amides is 7. The number of nitrogens with zero attached hydrogens (tertiary/aromatic N) is 3. The lowest BCUT2D eigenvalue weighted by atomic mass is 9.80. The number of benzene rings is 3. The van der Waals surface area contributed by atoms with Crippen LogP contribution in [0, 0.1) is 32.1 Å². The number of likely N-dealkylation sites (tertiary alicyclic amines) is 1. The molecular weight excluding hydrogens is 1380 g/mol. The normalized spacial score (nSPS) is 16.4. The van der Waals surface area contributed by atoms with E-state index in [-0.39, 0.29) is 68.9 Å². The van der Waals surface area contributed by atoms with Crippen LogP contribution in [-0.4, -0.2) is 162 Å². The number of hydrogen-bond acceptors (Lipinski definition) is 17. The summed E-state index contributed by atoms with van der Waals surface area (Å²) in [6, 6.07) is 5.21. The number of esters is 1. The molecule has 2 aliphatic heterocycles. The fourth-order valence-electron chi connectivity index (χ4n) is 11.9. The molecule has 1 fully saturated rings. The molecular formula is C70H98BrN11O15S2. The maximum Gasteiger partial charge on any atom is 0.419 e. The van der Waals surface area contributed by atoms with E-state index >= 15 is 9.59 Å². The smallest absolute Gasteiger partial charge is 0.419 e. The molecule has 542 valence electrons. The van der Waals surface area contributed by atoms with Gasteiger partial charge in [0.25, 0.3) is 10.0 Å². The minimum absolute atomic E-state index is 0.0244. The van der Waals surface area contributed by atoms with Crippen molar-refractivity contribution in [2.45, 2.75) is 220 Å². The molecule has 6 rings (SSSR count). The predicted octanol–water partition coefficient (Wildman–Crippen LogP) is 6.54. The number of thioether (sulfide) groups is 1. The Balaban J connectivity index is 1.30. The van der Waals surface area contributed by atoms with Crippen molar-refractivity contribution in [2.24, 2.45) is 22.1 Å². The molecule has 1 aromatic heterocycles. The van der Waals surface area contributed by atoms with E-state index < -0.39 is 133 Å². The van der Waals surface area contributed by atoms with E-state index in [0.29, 0.717) is 70.1 Å². The van der Waals surface area contributed by atoms with Gasteiger partial charge in [0.1, 0.15) is 53.2 Å². The summed E-state index contributed by atoms with van der Waals surface area (Å²) in [7, 11) is -4.29. The van der Waals surface area contributed by atoms with Gasteiger partial charge < -0.3 is 56.7 Å². The fourth-order valence-corrected chi connectivity index (χ4v) is 14.5. The highest BCUT2D eigenvalue weighted by Crippen LogP contribution is 2.44. The number of guanidine groups is 1. The first-order chi connectivity index (χ1) is 46.3. The summed E-state index contributed by atoms with van der Waals surface area (Å²) in [5.74, 6) is -5.27. The molecule has 0 bridgehead atoms. The first-order valence-corrected chi connectivity index (χ1v) is 36.7. The SMILES string of the molecule is CCOC(=O)CCSC(=O)[C@H](CCCN=C(N)NS(=O)(=O)c1c(C)c(C)c2c(c1C)CC(C)(C)O2)NC(=O)[C@@H](Cc1cn(C(=O)OC(C)(C)C)c2ccccc12)NC(=O)[C@@H](NC(=O)[C@H](NC(=O)[C@@H]1CCCN1C(=O)[C@H](Cc1ccc(Br)cc1)NC(=O)[C@@H](C)NC=O)C(C)C)C(C)(C)CC. The largest absolute Gasteiger partial charge is 0.487 e. The monoisotopic (exact) mass is 1480 g/mol. The second-order valence-corrected chi connectivity index (χ2v) is 31.4. The Kier molecular flexibility index (Phi) is 27.7. The van der Waals surface area contributed by atoms with Crippen molar-refractivity contribution >= 4 is 114 Å². The van der Waals surface area contributed by atoms with E-state index in [9.17, 15) is 46.8 Å². The second kappa shape index (κ2) is 34.3. The molecule has 0 unspecified atom stereocenters. The summed E-state index contributed by atoms with van der Waals surface area (Å²) in [6.07, 6.45) is 2.12. The molecule has 29 heteroatoms. The number of aliphatic imine (C=N–C) groups is 1. The summed E-state index contributed by atoms with van der Waals surface area (Å²) >= 11 is 4.18. The number of nitrogens with one attached hydrogen (secondary N) is 7. The van der Waals surface area contributed by atoms with E-state index in [0.717, 1.165) is 21.8 Å². The number of sulfonamides is 1. The Labute approximate surface area is 592 Å². The van der Waals surface area contributed by atoms with Gasteiger partial charge in [-0.05, 0) is 159 Å². The van der Waals surface area contributed by atoms with E-state index in [2.05, 4.69) is 57.5 Å². The van der Waals surface area contributed by atoms with Crippen molar-refractivity contribution in [2.75, 3.05) is 25.4 Å². The Hall–Kier alpha value is -8.05. The van der Waals surface area contributed by atoms with Gasteiger partial charge in [-0.15, -0.1) is 0 Å². The minimum atomic E-state index is -4.29. The summed E-state index contributed by atoms with van der Waals surface area (Å²) < 4.78 is 49.6. The van der Waals surface area contributed by atoms with Gasteiger partial charge in [0.15, 0.2) is 0 Å². The highest BCUT2D eigenvalue weighted by atomic mass is 79.9. The molecule has 99 heavy (non-hydrogen) atoms. The number of carbonyl (C=O) groups excluding carboxylic acids is 10. The third kappa shape index (κ3) is 21.2. The Morgan fingerprint density at radius 2 is 1.49 bits per heavy atom. The van der Waals surface area contributed by atoms with Crippen LogP contribution >= 0.6 is 27.7 Å². The maximum atomic E-state index is 15.3. The van der Waals surface area contributed by atoms with Crippen molar-refractivity contribution in [1.29, 1.82) is 0 Å². The molecule has 0 saturated carbocycles. The Morgan fingerprint density at radius 3 is 2.13 bits per heavy atom. The Morgan fingerprint density at radius 1 is 0.838 bits per heavy atom. The number of hydrogen-bond donors (Lipinski definition) is 8. The van der Waals surface area contributed by atoms with Crippen LogP contribution in [0.15, 0.2) is 69.1 Å². The van der Waals surface area contributed by atoms with Gasteiger partial charge in [-0.3, -0.25) is 52.7 Å². The summed E-state index contributed by atoms with van der Waals surface area (Å²) in [5.41, 5.74) is 7.72. The van der Waals surface area contributed by atoms with Crippen molar-refractivity contribution in [3.8, 4) is 5.75 Å². The van der Waals surface area contributed by atoms with Crippen LogP contribution < -0.4 is 47.1 Å². The zero-order valence-electron chi connectivity index (χ0n) is 59.3. The number of nitrogens with two attached hydrogens (primary N) is 1. The molecule has 2 aliphatic rings. The van der Waals surface area contributed by atoms with E-state index in [1.165, 1.54) is 22.6 Å². The molecule has 0 spiro atoms. The van der Waals surface area contributed by atoms with Gasteiger partial charge in [-0.1, -0.05) is 92.6 Å². The van der Waals surface area contributed by atoms with Gasteiger partial charge in [0.05, 0.1) is 29.5 Å². The highest BCUT2D eigenvalue weighted by molar-refractivity contribution is 9.10. The number of para-hydroxylation sites is 1. The quantitative estimate of drug-likeness (QED) is 0.00871. The summed E-state index contributed by atoms with van der Waals surface area (Å²) in [6.45, 7) is 26.1. The topological polar surface area (TPSA) is 363 Å². The zero-order valence-corrected chi connectivity index (χ0v) is 62.5. The Bertz CT molecular complexity index is 3810. The van der Waals surface area contributed by atoms with E-state index in [4.69, 9.17) is 19.9 Å². The standard InChI is InChI=1S/C70H98BrN11O15S2/c1-16-69(12,13)58(79-62(88)55(39(3)4)78-61(87)53-25-21-32-81(53)64(90)51(77-59(85)43(8)74-38-83)34-44-26-28-46(71)29-27-44)63(89)76-50(35-45-37-82(67(92)97-68(9,10)11)52-24-19-18-22-47(45)52)60(86)75-49(65(91)98-33-30-54(84)95-17-2)23-20-31-73-66(72)80-99(93,94)57-41(6)40(5)56-48(42(57)7)36-70(14,15)96-56/h18-19,22,24,26-29,37-39,43,49-51,53,55,58H,16-17,20-21,23,25,30-36H2,1-15H3,(H,74,83)(H,75,86)(H,76,89)(H,77,85)(H,78,87)(H,79,88)(H3,72,73,80)/t43-,49+,50-,51+,53+,55-,58-/m1/s1. The van der Waals surface area contributed by atoms with Crippen molar-refractivity contribution in [3.63, 3.8) is 0 Å². The third-order valence-electron chi connectivity index (χ3n) is 17.6. The predicted molar refractivity (Wildman–Crippen MR) is 381 cm³/mol. The molecule has 3 heterocycles. The lowest BCUT2D eigenvalue weighted by molar-refractivity contribution is -0.143. The minimum Gasteiger partial charge on any atom is -0.487 e. The lowest BCUT2D eigenvalue weighted by Gasteiger charge is -2.36. The van der Waals surface area contributed by atoms with Gasteiger partial charge in [0.2, 0.25) is 52.9 Å². The van der Waals surface area contributed by atoms with Crippen LogP contribution in [-0.2, 0) is 81.9 Å². The molecule has 26 nitrogen and oxygen atoms in total. The number of ether oxygens (including phenoxy) is 3. The summed E-state index contributed by atoms with van der Waals surface area (Å²) in [4.78, 5) is 145. The number of aromatic nitrogens is 1. The number of fused-ring (bicyclic) bond motifs is 2. The first kappa shape index (κ1) is 79.9. The second-order valence-electron chi connectivity index (χ2n) is 27.7. The van der Waals surface area contributed by atoms with Gasteiger partial charge in [-0.2, -0.15) is 0 Å². The number of halogens is 1. The van der Waals surface area contributed by atoms with Crippen molar-refractivity contribution < 1.29 is 70.6 Å². The lowest BCUT2D eigenvalue weighted by Crippen LogP contribution is -2.63. The number of carbonyl (C=O) groups is 10. The average molecular weight is 1480 g/mol. The van der Waals surface area contributed by atoms with Crippen LogP contribution in [0.2, 0.25) is 0 Å². The molecule has 1 saturated heterocycles. The van der Waals surface area contributed by atoms with Crippen LogP contribution in [0.25, 0.3) is 10.9 Å². The van der Waals surface area contributed by atoms with E-state index in [1.54, 1.807) is 132 Å². The molecule has 9 N–H and O–H groups in total. The fraction of sp³-hybridized carbons (Fsp3) is 0.557. The third-order valence-corrected chi connectivity index (χ3v) is 20.8. The van der Waals surface area contributed by atoms with Gasteiger partial charge in [0, 0.05) is 59.7 Å². The van der Waals surface area contributed by atoms with Crippen LogP contribution in [0.4, 0.5) is 4.79 Å². The highest BCUT2D eigenvalue weighted by Gasteiger charge is 2.44. The number of rotatable bonds is 31. The van der Waals surface area contributed by atoms with E-state index in [1.807, 2.05) is 13.8 Å². The zero-order chi connectivity index (χ0) is 73.6. The molecule has 3 aromatic carbocycles. The summed E-state index contributed by atoms with van der Waals surface area (Å²) in [5, 5.41) is 16.5. The van der Waals surface area contributed by atoms with Crippen molar-refractivity contribution in [3.05, 3.63) is 92.6 Å². The maximum absolute atomic E-state index is 15.3. The molecule has 0 radical (unpaired) electrons. The average Bonchev–Trinajstić information content (AvgIpc) is 1.65. The molecule has 7 amide bonds. The molecule has 0 aliphatic carbocycles. The van der Waals surface area contributed by atoms with Crippen LogP contribution in [0.3, 0.4) is 0 Å².